The Bertz CT molecular complexity index is 129. The van der Waals surface area contributed by atoms with E-state index in [1.54, 1.807) is 0 Å². The van der Waals surface area contributed by atoms with Crippen molar-refractivity contribution in [2.75, 3.05) is 0 Å². The molecule has 0 aliphatic heterocycles. The minimum Gasteiger partial charge on any atom is -0.0834 e. The molecule has 15 heavy (non-hydrogen) atoms. The van der Waals surface area contributed by atoms with E-state index in [9.17, 15) is 0 Å². The first-order valence-electron chi connectivity index (χ1n) is 6.71. The Hall–Kier alpha value is 0.170. The van der Waals surface area contributed by atoms with Gasteiger partial charge in [-0.15, -0.1) is 0 Å². The van der Waals surface area contributed by atoms with Gasteiger partial charge in [-0.25, -0.2) is 0 Å². The predicted molar refractivity (Wildman–Crippen MR) is 72.5 cm³/mol. The van der Waals surface area contributed by atoms with E-state index in [0.29, 0.717) is 0 Å². The van der Waals surface area contributed by atoms with Gasteiger partial charge in [-0.05, 0) is 22.1 Å². The molecule has 0 amide bonds. The zero-order valence-corrected chi connectivity index (χ0v) is 11.3. The summed E-state index contributed by atoms with van der Waals surface area (Å²) in [5.74, 6) is 1.85. The summed E-state index contributed by atoms with van der Waals surface area (Å²) in [7, 11) is 4.04. The fourth-order valence-corrected chi connectivity index (χ4v) is 1.97. The number of unbranched alkanes of at least 4 members (excludes halogenated alkanes) is 10. The second-order valence-corrected chi connectivity index (χ2v) is 4.65. The molecule has 0 bridgehead atoms. The number of allylic oxidation sites excluding steroid dienone is 1. The van der Waals surface area contributed by atoms with Crippen LogP contribution < -0.4 is 0 Å². The molecule has 0 saturated carbocycles. The van der Waals surface area contributed by atoms with Crippen molar-refractivity contribution in [1.82, 2.24) is 0 Å². The van der Waals surface area contributed by atoms with Crippen molar-refractivity contribution in [3.8, 4) is 0 Å². The zero-order valence-electron chi connectivity index (χ0n) is 10.4. The Morgan fingerprint density at radius 3 is 1.67 bits per heavy atom. The zero-order chi connectivity index (χ0) is 11.2. The molecule has 0 atom stereocenters. The minimum atomic E-state index is 1.21. The van der Waals surface area contributed by atoms with Crippen molar-refractivity contribution in [1.29, 1.82) is 0 Å². The molecule has 0 heterocycles. The summed E-state index contributed by atoms with van der Waals surface area (Å²) in [5, 5.41) is 0. The fraction of sp³-hybridized carbons (Fsp3) is 0.857. The molecule has 0 saturated heterocycles. The number of rotatable bonds is 11. The van der Waals surface area contributed by atoms with Crippen LogP contribution in [-0.4, -0.2) is 0 Å². The van der Waals surface area contributed by atoms with E-state index in [0.717, 1.165) is 0 Å². The Balaban J connectivity index is 2.86. The first kappa shape index (κ1) is 15.2. The average Bonchev–Trinajstić information content (AvgIpc) is 2.26. The molecule has 0 rings (SSSR count). The second-order valence-electron chi connectivity index (χ2n) is 4.36. The summed E-state index contributed by atoms with van der Waals surface area (Å²) in [6.45, 7) is 2.28. The molecule has 2 radical (unpaired) electrons. The Morgan fingerprint density at radius 1 is 0.733 bits per heavy atom. The van der Waals surface area contributed by atoms with Gasteiger partial charge >= 0.3 is 0 Å². The molecular weight excluding hydrogens is 199 g/mol. The molecule has 88 valence electrons. The third-order valence-corrected chi connectivity index (χ3v) is 3.04. The van der Waals surface area contributed by atoms with Crippen LogP contribution in [0, 0.1) is 0 Å². The maximum Gasteiger partial charge on any atom is -0.0146 e. The molecule has 0 aromatic rings. The number of hydrogen-bond donors (Lipinski definition) is 0. The maximum absolute atomic E-state index is 4.04. The Kier molecular flexibility index (Phi) is 14.3. The summed E-state index contributed by atoms with van der Waals surface area (Å²) in [6.07, 6.45) is 17.6. The highest BCUT2D eigenvalue weighted by Gasteiger charge is 1.91. The van der Waals surface area contributed by atoms with Crippen LogP contribution >= 0.6 is 9.24 Å². The van der Waals surface area contributed by atoms with E-state index in [1.807, 2.05) is 5.82 Å². The summed E-state index contributed by atoms with van der Waals surface area (Å²) >= 11 is 0. The van der Waals surface area contributed by atoms with Gasteiger partial charge in [0.05, 0.1) is 0 Å². The van der Waals surface area contributed by atoms with Crippen LogP contribution in [0.15, 0.2) is 11.9 Å². The van der Waals surface area contributed by atoms with Gasteiger partial charge in [0.2, 0.25) is 0 Å². The van der Waals surface area contributed by atoms with Crippen LogP contribution in [0.4, 0.5) is 0 Å². The van der Waals surface area contributed by atoms with Gasteiger partial charge in [-0.2, -0.15) is 0 Å². The molecule has 0 aliphatic rings. The highest BCUT2D eigenvalue weighted by molar-refractivity contribution is 7.20. The second kappa shape index (κ2) is 14.2. The van der Waals surface area contributed by atoms with E-state index in [2.05, 4.69) is 22.2 Å². The molecule has 0 aliphatic carbocycles. The molecular formula is C14H27P. The van der Waals surface area contributed by atoms with Crippen LogP contribution in [-0.2, 0) is 0 Å². The molecule has 0 fully saturated rings. The van der Waals surface area contributed by atoms with Gasteiger partial charge in [0.25, 0.3) is 0 Å². The first-order chi connectivity index (χ1) is 7.41. The Morgan fingerprint density at radius 2 is 1.20 bits per heavy atom. The van der Waals surface area contributed by atoms with Crippen LogP contribution in [0.2, 0.25) is 0 Å². The summed E-state index contributed by atoms with van der Waals surface area (Å²) in [4.78, 5) is 0. The summed E-state index contributed by atoms with van der Waals surface area (Å²) in [6, 6.07) is 0. The molecule has 0 nitrogen and oxygen atoms in total. The van der Waals surface area contributed by atoms with Crippen LogP contribution in [0.3, 0.4) is 0 Å². The normalized spacial score (nSPS) is 11.3. The lowest BCUT2D eigenvalue weighted by atomic mass is 10.1. The van der Waals surface area contributed by atoms with Gasteiger partial charge in [0.15, 0.2) is 0 Å². The third-order valence-electron chi connectivity index (χ3n) is 2.83. The first-order valence-corrected chi connectivity index (χ1v) is 7.22. The highest BCUT2D eigenvalue weighted by atomic mass is 31.0. The largest absolute Gasteiger partial charge is 0.0834 e. The van der Waals surface area contributed by atoms with Crippen molar-refractivity contribution in [2.24, 2.45) is 0 Å². The maximum atomic E-state index is 4.04. The van der Waals surface area contributed by atoms with Crippen molar-refractivity contribution in [3.05, 3.63) is 11.9 Å². The Labute approximate surface area is 99.1 Å². The van der Waals surface area contributed by atoms with E-state index in [4.69, 9.17) is 0 Å². The average molecular weight is 226 g/mol. The topological polar surface area (TPSA) is 0 Å². The van der Waals surface area contributed by atoms with Crippen molar-refractivity contribution in [3.63, 3.8) is 0 Å². The van der Waals surface area contributed by atoms with Crippen LogP contribution in [0.25, 0.3) is 0 Å². The standard InChI is InChI=1S/C14H27P/c1-2-3-4-5-6-7-8-9-10-11-12-13-14-15/h13-14H,2-12H2,1H3. The van der Waals surface area contributed by atoms with Gasteiger partial charge < -0.3 is 0 Å². The SMILES string of the molecule is CCCCCCCCCCCCC=C[P]. The molecule has 0 unspecified atom stereocenters. The van der Waals surface area contributed by atoms with Gasteiger partial charge in [-0.1, -0.05) is 76.6 Å². The minimum absolute atomic E-state index is 1.21. The van der Waals surface area contributed by atoms with Crippen LogP contribution in [0.5, 0.6) is 0 Å². The van der Waals surface area contributed by atoms with Gasteiger partial charge in [-0.3, -0.25) is 0 Å². The fourth-order valence-electron chi connectivity index (χ4n) is 1.82. The van der Waals surface area contributed by atoms with E-state index in [-0.39, 0.29) is 0 Å². The molecule has 0 spiro atoms. The lowest BCUT2D eigenvalue weighted by Crippen LogP contribution is -1.81. The predicted octanol–water partition coefficient (Wildman–Crippen LogP) is 6.22. The van der Waals surface area contributed by atoms with Gasteiger partial charge in [0.1, 0.15) is 0 Å². The van der Waals surface area contributed by atoms with Gasteiger partial charge in [0, 0.05) is 0 Å². The summed E-state index contributed by atoms with van der Waals surface area (Å²) in [5.41, 5.74) is 0. The number of hydrogen-bond acceptors (Lipinski definition) is 0. The quantitative estimate of drug-likeness (QED) is 0.290. The van der Waals surface area contributed by atoms with E-state index < -0.39 is 0 Å². The molecule has 0 aromatic heterocycles. The molecule has 1 heteroatoms. The van der Waals surface area contributed by atoms with Crippen molar-refractivity contribution in [2.45, 2.75) is 77.6 Å². The summed E-state index contributed by atoms with van der Waals surface area (Å²) < 4.78 is 0. The van der Waals surface area contributed by atoms with Crippen molar-refractivity contribution < 1.29 is 0 Å². The molecule has 0 N–H and O–H groups in total. The monoisotopic (exact) mass is 226 g/mol. The van der Waals surface area contributed by atoms with Crippen molar-refractivity contribution >= 4 is 9.24 Å². The lowest BCUT2D eigenvalue weighted by Gasteiger charge is -2.01. The third kappa shape index (κ3) is 14.2. The van der Waals surface area contributed by atoms with E-state index >= 15 is 0 Å². The van der Waals surface area contributed by atoms with Crippen LogP contribution in [0.1, 0.15) is 77.6 Å². The van der Waals surface area contributed by atoms with E-state index in [1.165, 1.54) is 70.6 Å². The highest BCUT2D eigenvalue weighted by Crippen LogP contribution is 2.11. The lowest BCUT2D eigenvalue weighted by molar-refractivity contribution is 0.557. The molecule has 0 aromatic carbocycles. The smallest absolute Gasteiger partial charge is 0.0146 e.